The van der Waals surface area contributed by atoms with Crippen molar-refractivity contribution < 1.29 is 13.6 Å². The molecule has 31 heavy (non-hydrogen) atoms. The molecule has 2 saturated carbocycles. The third-order valence-electron chi connectivity index (χ3n) is 7.18. The number of carbonyl (C=O) groups excluding carboxylic acids is 1. The Hall–Kier alpha value is -2.54. The first-order chi connectivity index (χ1) is 14.9. The highest BCUT2D eigenvalue weighted by atomic mass is 35.5. The fourth-order valence-electron chi connectivity index (χ4n) is 5.62. The second kappa shape index (κ2) is 7.86. The monoisotopic (exact) mass is 444 g/mol. The highest BCUT2D eigenvalue weighted by Crippen LogP contribution is 2.53. The van der Waals surface area contributed by atoms with E-state index in [9.17, 15) is 13.6 Å². The molecule has 1 aromatic carbocycles. The number of nitrogens with one attached hydrogen (secondary N) is 1. The van der Waals surface area contributed by atoms with E-state index in [-0.39, 0.29) is 23.8 Å². The van der Waals surface area contributed by atoms with Crippen molar-refractivity contribution in [1.29, 1.82) is 0 Å². The molecule has 0 saturated heterocycles. The quantitative estimate of drug-likeness (QED) is 0.568. The first-order valence-electron chi connectivity index (χ1n) is 10.6. The smallest absolute Gasteiger partial charge is 0.228 e. The van der Waals surface area contributed by atoms with E-state index in [1.807, 2.05) is 11.5 Å². The Morgan fingerprint density at radius 2 is 1.97 bits per heavy atom. The van der Waals surface area contributed by atoms with Crippen LogP contribution in [-0.2, 0) is 4.79 Å². The second-order valence-electron chi connectivity index (χ2n) is 8.85. The third kappa shape index (κ3) is 3.69. The van der Waals surface area contributed by atoms with Crippen molar-refractivity contribution in [3.05, 3.63) is 53.4 Å². The number of aromatic nitrogens is 3. The van der Waals surface area contributed by atoms with Crippen LogP contribution >= 0.6 is 11.6 Å². The largest absolute Gasteiger partial charge is 0.327 e. The van der Waals surface area contributed by atoms with E-state index in [1.54, 1.807) is 18.5 Å². The molecule has 0 spiro atoms. The average Bonchev–Trinajstić information content (AvgIpc) is 3.30. The first kappa shape index (κ1) is 20.4. The van der Waals surface area contributed by atoms with Crippen molar-refractivity contribution in [2.45, 2.75) is 38.6 Å². The molecular weight excluding hydrogens is 422 g/mol. The van der Waals surface area contributed by atoms with Gasteiger partial charge in [0.15, 0.2) is 11.6 Å². The number of benzene rings is 1. The number of anilines is 1. The number of nitrogens with zero attached hydrogens (tertiary/aromatic N) is 3. The van der Waals surface area contributed by atoms with E-state index >= 15 is 0 Å². The van der Waals surface area contributed by atoms with Crippen molar-refractivity contribution in [3.8, 4) is 0 Å². The Labute approximate surface area is 183 Å². The normalized spacial score (nSPS) is 26.2. The van der Waals surface area contributed by atoms with Crippen LogP contribution in [0.5, 0.6) is 0 Å². The number of rotatable bonds is 4. The van der Waals surface area contributed by atoms with E-state index in [4.69, 9.17) is 11.6 Å². The van der Waals surface area contributed by atoms with Crippen LogP contribution in [0.3, 0.4) is 0 Å². The lowest BCUT2D eigenvalue weighted by molar-refractivity contribution is -0.122. The van der Waals surface area contributed by atoms with Crippen LogP contribution in [0.15, 0.2) is 36.8 Å². The van der Waals surface area contributed by atoms with Crippen molar-refractivity contribution in [1.82, 2.24) is 14.5 Å². The van der Waals surface area contributed by atoms with Crippen LogP contribution in [0, 0.1) is 35.3 Å². The third-order valence-corrected chi connectivity index (χ3v) is 7.40. The fraction of sp³-hybridized carbons (Fsp3) is 0.435. The summed E-state index contributed by atoms with van der Waals surface area (Å²) in [7, 11) is 0. The Morgan fingerprint density at radius 1 is 1.16 bits per heavy atom. The number of pyridine rings is 1. The maximum atomic E-state index is 13.8. The molecule has 0 aliphatic heterocycles. The van der Waals surface area contributed by atoms with Gasteiger partial charge in [-0.3, -0.25) is 4.79 Å². The zero-order chi connectivity index (χ0) is 21.7. The van der Waals surface area contributed by atoms with Crippen molar-refractivity contribution in [2.75, 3.05) is 5.32 Å². The summed E-state index contributed by atoms with van der Waals surface area (Å²) in [4.78, 5) is 21.3. The molecule has 5 atom stereocenters. The molecule has 2 fully saturated rings. The van der Waals surface area contributed by atoms with E-state index in [2.05, 4.69) is 15.3 Å². The van der Waals surface area contributed by atoms with Gasteiger partial charge < -0.3 is 9.88 Å². The molecular formula is C23H23ClF2N4O. The number of imidazole rings is 1. The van der Waals surface area contributed by atoms with Gasteiger partial charge in [-0.05, 0) is 55.6 Å². The van der Waals surface area contributed by atoms with Crippen LogP contribution in [0.1, 0.15) is 38.6 Å². The molecule has 2 unspecified atom stereocenters. The molecule has 3 aromatic rings. The van der Waals surface area contributed by atoms with Crippen LogP contribution in [0.25, 0.3) is 11.0 Å². The predicted octanol–water partition coefficient (Wildman–Crippen LogP) is 5.62. The zero-order valence-corrected chi connectivity index (χ0v) is 17.8. The first-order valence-corrected chi connectivity index (χ1v) is 11.0. The van der Waals surface area contributed by atoms with Gasteiger partial charge in [-0.25, -0.2) is 18.7 Å². The SMILES string of the molecule is CC(C(=O)Nc1ccc(Cl)cn1)[C@@H]1CCC2C[C@H]1C[C@H]2n1cnc2cc(F)c(F)cc21. The lowest BCUT2D eigenvalue weighted by Crippen LogP contribution is -2.33. The average molecular weight is 445 g/mol. The van der Waals surface area contributed by atoms with Gasteiger partial charge in [0.25, 0.3) is 0 Å². The number of halogens is 3. The van der Waals surface area contributed by atoms with Crippen molar-refractivity contribution >= 4 is 34.4 Å². The van der Waals surface area contributed by atoms with Gasteiger partial charge >= 0.3 is 0 Å². The Kier molecular flexibility index (Phi) is 5.16. The Balaban J connectivity index is 1.32. The summed E-state index contributed by atoms with van der Waals surface area (Å²) in [5.41, 5.74) is 1.10. The minimum absolute atomic E-state index is 0.0349. The molecule has 2 heterocycles. The molecule has 5 rings (SSSR count). The predicted molar refractivity (Wildman–Crippen MR) is 115 cm³/mol. The topological polar surface area (TPSA) is 59.8 Å². The molecule has 2 bridgehead atoms. The van der Waals surface area contributed by atoms with Crippen LogP contribution in [0.2, 0.25) is 5.02 Å². The molecule has 2 aliphatic rings. The van der Waals surface area contributed by atoms with Gasteiger partial charge in [0, 0.05) is 30.3 Å². The van der Waals surface area contributed by atoms with E-state index in [1.165, 1.54) is 12.3 Å². The van der Waals surface area contributed by atoms with Crippen LogP contribution in [0.4, 0.5) is 14.6 Å². The summed E-state index contributed by atoms with van der Waals surface area (Å²) in [5.74, 6) is -0.269. The van der Waals surface area contributed by atoms with Crippen LogP contribution < -0.4 is 5.32 Å². The number of hydrogen-bond donors (Lipinski definition) is 1. The summed E-state index contributed by atoms with van der Waals surface area (Å²) in [6.07, 6.45) is 7.15. The lowest BCUT2D eigenvalue weighted by Gasteiger charge is -2.32. The molecule has 1 amide bonds. The number of hydrogen-bond acceptors (Lipinski definition) is 3. The Bertz CT molecular complexity index is 1130. The molecule has 2 aromatic heterocycles. The lowest BCUT2D eigenvalue weighted by atomic mass is 9.73. The summed E-state index contributed by atoms with van der Waals surface area (Å²) in [6, 6.07) is 5.99. The standard InChI is InChI=1S/C23H23ClF2N4O/c1-12(23(31)29-22-5-3-15(24)10-27-22)16-4-2-13-6-14(16)7-20(13)30-11-28-19-8-17(25)18(26)9-21(19)30/h3,5,8-14,16,20H,2,4,6-7H2,1H3,(H,27,29,31)/t12?,13?,14-,16-,20+/m0/s1. The van der Waals surface area contributed by atoms with E-state index in [0.29, 0.717) is 33.7 Å². The minimum Gasteiger partial charge on any atom is -0.327 e. The van der Waals surface area contributed by atoms with Gasteiger partial charge in [-0.15, -0.1) is 0 Å². The molecule has 1 N–H and O–H groups in total. The van der Waals surface area contributed by atoms with E-state index in [0.717, 1.165) is 31.7 Å². The second-order valence-corrected chi connectivity index (χ2v) is 9.28. The summed E-state index contributed by atoms with van der Waals surface area (Å²) in [5, 5.41) is 3.42. The van der Waals surface area contributed by atoms with Gasteiger partial charge in [-0.1, -0.05) is 18.5 Å². The van der Waals surface area contributed by atoms with Crippen LogP contribution in [-0.4, -0.2) is 20.4 Å². The number of fused-ring (bicyclic) bond motifs is 3. The van der Waals surface area contributed by atoms with Gasteiger partial charge in [0.2, 0.25) is 5.91 Å². The molecule has 162 valence electrons. The molecule has 8 heteroatoms. The summed E-state index contributed by atoms with van der Waals surface area (Å²) in [6.45, 7) is 1.98. The number of carbonyl (C=O) groups is 1. The van der Waals surface area contributed by atoms with E-state index < -0.39 is 11.6 Å². The fourth-order valence-corrected chi connectivity index (χ4v) is 5.73. The summed E-state index contributed by atoms with van der Waals surface area (Å²) >= 11 is 5.86. The molecule has 2 aliphatic carbocycles. The van der Waals surface area contributed by atoms with Crippen molar-refractivity contribution in [2.24, 2.45) is 23.7 Å². The molecule has 5 nitrogen and oxygen atoms in total. The number of amides is 1. The maximum absolute atomic E-state index is 13.8. The maximum Gasteiger partial charge on any atom is 0.228 e. The summed E-state index contributed by atoms with van der Waals surface area (Å²) < 4.78 is 29.4. The molecule has 0 radical (unpaired) electrons. The highest BCUT2D eigenvalue weighted by Gasteiger charge is 2.45. The Morgan fingerprint density at radius 3 is 2.74 bits per heavy atom. The van der Waals surface area contributed by atoms with Gasteiger partial charge in [0.1, 0.15) is 5.82 Å². The zero-order valence-electron chi connectivity index (χ0n) is 17.1. The van der Waals surface area contributed by atoms with Crippen molar-refractivity contribution in [3.63, 3.8) is 0 Å². The highest BCUT2D eigenvalue weighted by molar-refractivity contribution is 6.30. The minimum atomic E-state index is -0.877. The van der Waals surface area contributed by atoms with Gasteiger partial charge in [0.05, 0.1) is 22.4 Å². The van der Waals surface area contributed by atoms with Gasteiger partial charge in [-0.2, -0.15) is 0 Å².